The Morgan fingerprint density at radius 2 is 1.57 bits per heavy atom. The molecule has 176 valence electrons. The first-order chi connectivity index (χ1) is 17.2. The predicted molar refractivity (Wildman–Crippen MR) is 148 cm³/mol. The molecule has 0 unspecified atom stereocenters. The number of fused-ring (bicyclic) bond motifs is 2. The third-order valence-electron chi connectivity index (χ3n) is 6.70. The molecular weight excluding hydrogens is 450 g/mol. The molecule has 0 spiro atoms. The fourth-order valence-corrected chi connectivity index (χ4v) is 5.03. The second-order valence-electron chi connectivity index (χ2n) is 8.91. The Kier molecular flexibility index (Phi) is 7.20. The summed E-state index contributed by atoms with van der Waals surface area (Å²) in [6.45, 7) is 3.47. The SMILES string of the molecule is CCc1cccc2c1CNc1c(cccc1CCc1ccccc1)/C=C\2COc1ccccc1Cl. The van der Waals surface area contributed by atoms with E-state index in [1.54, 1.807) is 0 Å². The highest BCUT2D eigenvalue weighted by Gasteiger charge is 2.18. The quantitative estimate of drug-likeness (QED) is 0.288. The zero-order valence-corrected chi connectivity index (χ0v) is 20.8. The summed E-state index contributed by atoms with van der Waals surface area (Å²) in [7, 11) is 0. The van der Waals surface area contributed by atoms with Crippen molar-refractivity contribution in [3.8, 4) is 5.75 Å². The largest absolute Gasteiger partial charge is 0.487 e. The van der Waals surface area contributed by atoms with Gasteiger partial charge in [-0.25, -0.2) is 0 Å². The van der Waals surface area contributed by atoms with Crippen LogP contribution in [0.25, 0.3) is 11.6 Å². The molecule has 0 radical (unpaired) electrons. The molecule has 0 fully saturated rings. The third-order valence-corrected chi connectivity index (χ3v) is 7.01. The highest BCUT2D eigenvalue weighted by atomic mass is 35.5. The lowest BCUT2D eigenvalue weighted by atomic mass is 9.90. The number of hydrogen-bond donors (Lipinski definition) is 1. The van der Waals surface area contributed by atoms with Gasteiger partial charge < -0.3 is 10.1 Å². The van der Waals surface area contributed by atoms with Crippen molar-refractivity contribution in [2.24, 2.45) is 0 Å². The van der Waals surface area contributed by atoms with Crippen molar-refractivity contribution in [2.45, 2.75) is 32.7 Å². The highest BCUT2D eigenvalue weighted by molar-refractivity contribution is 6.32. The highest BCUT2D eigenvalue weighted by Crippen LogP contribution is 2.34. The number of rotatable bonds is 7. The van der Waals surface area contributed by atoms with Crippen molar-refractivity contribution >= 4 is 28.9 Å². The van der Waals surface area contributed by atoms with Gasteiger partial charge in [0.15, 0.2) is 0 Å². The van der Waals surface area contributed by atoms with E-state index in [-0.39, 0.29) is 0 Å². The molecule has 2 nitrogen and oxygen atoms in total. The number of hydrogen-bond acceptors (Lipinski definition) is 2. The van der Waals surface area contributed by atoms with E-state index < -0.39 is 0 Å². The van der Waals surface area contributed by atoms with Gasteiger partial charge in [-0.3, -0.25) is 0 Å². The van der Waals surface area contributed by atoms with Crippen LogP contribution in [0.15, 0.2) is 91.0 Å². The summed E-state index contributed by atoms with van der Waals surface area (Å²) in [4.78, 5) is 0. The van der Waals surface area contributed by atoms with E-state index in [2.05, 4.69) is 85.0 Å². The maximum Gasteiger partial charge on any atom is 0.138 e. The van der Waals surface area contributed by atoms with Crippen LogP contribution in [-0.2, 0) is 25.8 Å². The lowest BCUT2D eigenvalue weighted by Gasteiger charge is -2.24. The Morgan fingerprint density at radius 3 is 2.40 bits per heavy atom. The van der Waals surface area contributed by atoms with Gasteiger partial charge in [0.1, 0.15) is 12.4 Å². The van der Waals surface area contributed by atoms with E-state index in [0.717, 1.165) is 31.4 Å². The molecule has 0 saturated carbocycles. The van der Waals surface area contributed by atoms with Gasteiger partial charge in [0.05, 0.1) is 5.02 Å². The van der Waals surface area contributed by atoms with Gasteiger partial charge in [-0.15, -0.1) is 0 Å². The van der Waals surface area contributed by atoms with E-state index in [0.29, 0.717) is 17.4 Å². The van der Waals surface area contributed by atoms with Crippen molar-refractivity contribution in [1.82, 2.24) is 0 Å². The van der Waals surface area contributed by atoms with Gasteiger partial charge >= 0.3 is 0 Å². The molecule has 0 aliphatic carbocycles. The van der Waals surface area contributed by atoms with Crippen LogP contribution >= 0.6 is 11.6 Å². The van der Waals surface area contributed by atoms with Gasteiger partial charge in [0.25, 0.3) is 0 Å². The number of halogens is 1. The Morgan fingerprint density at radius 1 is 0.800 bits per heavy atom. The fraction of sp³-hybridized carbons (Fsp3) is 0.188. The first-order valence-corrected chi connectivity index (χ1v) is 12.7. The summed E-state index contributed by atoms with van der Waals surface area (Å²) in [5.74, 6) is 0.709. The van der Waals surface area contributed by atoms with Crippen molar-refractivity contribution < 1.29 is 4.74 Å². The van der Waals surface area contributed by atoms with Crippen molar-refractivity contribution in [3.63, 3.8) is 0 Å². The maximum atomic E-state index is 6.38. The smallest absolute Gasteiger partial charge is 0.138 e. The predicted octanol–water partition coefficient (Wildman–Crippen LogP) is 8.23. The number of benzene rings is 4. The monoisotopic (exact) mass is 479 g/mol. The molecule has 1 heterocycles. The average Bonchev–Trinajstić information content (AvgIpc) is 2.89. The number of nitrogens with one attached hydrogen (secondary N) is 1. The zero-order valence-electron chi connectivity index (χ0n) is 20.1. The number of ether oxygens (including phenoxy) is 1. The Bertz CT molecular complexity index is 1340. The Labute approximate surface area is 213 Å². The molecule has 0 aromatic heterocycles. The molecule has 0 bridgehead atoms. The molecular formula is C32H30ClNO. The molecule has 0 amide bonds. The van der Waals surface area contributed by atoms with Crippen LogP contribution in [0.5, 0.6) is 5.75 Å². The normalized spacial score (nSPS) is 13.9. The first kappa shape index (κ1) is 23.3. The molecule has 3 heteroatoms. The van der Waals surface area contributed by atoms with E-state index in [1.165, 1.54) is 39.1 Å². The lowest BCUT2D eigenvalue weighted by Crippen LogP contribution is -2.13. The van der Waals surface area contributed by atoms with Crippen LogP contribution in [-0.4, -0.2) is 6.61 Å². The number of para-hydroxylation sites is 2. The third kappa shape index (κ3) is 5.28. The minimum atomic E-state index is 0.456. The first-order valence-electron chi connectivity index (χ1n) is 12.3. The molecule has 1 aliphatic rings. The molecule has 0 atom stereocenters. The summed E-state index contributed by atoms with van der Waals surface area (Å²) in [6, 6.07) is 31.6. The standard InChI is InChI=1S/C32H30ClNO/c1-2-24-12-9-15-28-27(22-35-31-17-7-6-16-30(31)33)20-26-14-8-13-25(32(26)34-21-29(24)28)19-18-23-10-4-3-5-11-23/h3-17,20,34H,2,18-19,21-22H2,1H3/b27-20-. The van der Waals surface area contributed by atoms with Gasteiger partial charge in [-0.2, -0.15) is 0 Å². The lowest BCUT2D eigenvalue weighted by molar-refractivity contribution is 0.370. The topological polar surface area (TPSA) is 21.3 Å². The minimum Gasteiger partial charge on any atom is -0.487 e. The summed E-state index contributed by atoms with van der Waals surface area (Å²) in [6.07, 6.45) is 5.28. The van der Waals surface area contributed by atoms with Crippen molar-refractivity contribution in [3.05, 3.63) is 129 Å². The van der Waals surface area contributed by atoms with E-state index in [1.807, 2.05) is 24.3 Å². The van der Waals surface area contributed by atoms with Gasteiger partial charge in [0.2, 0.25) is 0 Å². The average molecular weight is 480 g/mol. The summed E-state index contributed by atoms with van der Waals surface area (Å²) < 4.78 is 6.23. The second kappa shape index (κ2) is 10.8. The molecule has 4 aromatic carbocycles. The summed E-state index contributed by atoms with van der Waals surface area (Å²) in [5.41, 5.74) is 10.2. The van der Waals surface area contributed by atoms with Gasteiger partial charge in [-0.05, 0) is 76.4 Å². The van der Waals surface area contributed by atoms with E-state index in [4.69, 9.17) is 16.3 Å². The van der Waals surface area contributed by atoms with Crippen molar-refractivity contribution in [2.75, 3.05) is 11.9 Å². The molecule has 4 aromatic rings. The Hall–Kier alpha value is -3.49. The maximum absolute atomic E-state index is 6.38. The number of anilines is 1. The van der Waals surface area contributed by atoms with E-state index in [9.17, 15) is 0 Å². The van der Waals surface area contributed by atoms with Gasteiger partial charge in [0, 0.05) is 12.2 Å². The minimum absolute atomic E-state index is 0.456. The molecule has 0 saturated heterocycles. The molecule has 5 rings (SSSR count). The van der Waals surface area contributed by atoms with Crippen LogP contribution < -0.4 is 10.1 Å². The van der Waals surface area contributed by atoms with Crippen LogP contribution in [0.1, 0.15) is 40.3 Å². The second-order valence-corrected chi connectivity index (χ2v) is 9.31. The van der Waals surface area contributed by atoms with Crippen LogP contribution in [0.2, 0.25) is 5.02 Å². The number of aryl methyl sites for hydroxylation is 3. The Balaban J connectivity index is 1.52. The fourth-order valence-electron chi connectivity index (χ4n) is 4.84. The van der Waals surface area contributed by atoms with Crippen molar-refractivity contribution in [1.29, 1.82) is 0 Å². The van der Waals surface area contributed by atoms with Crippen LogP contribution in [0, 0.1) is 0 Å². The molecule has 1 aliphatic heterocycles. The van der Waals surface area contributed by atoms with Crippen LogP contribution in [0.3, 0.4) is 0 Å². The zero-order chi connectivity index (χ0) is 24.0. The van der Waals surface area contributed by atoms with Gasteiger partial charge in [-0.1, -0.05) is 97.4 Å². The summed E-state index contributed by atoms with van der Waals surface area (Å²) >= 11 is 6.38. The molecule has 1 N–H and O–H groups in total. The van der Waals surface area contributed by atoms with Crippen LogP contribution in [0.4, 0.5) is 5.69 Å². The summed E-state index contributed by atoms with van der Waals surface area (Å²) in [5, 5.41) is 4.43. The molecule has 35 heavy (non-hydrogen) atoms. The van der Waals surface area contributed by atoms with E-state index >= 15 is 0 Å².